The van der Waals surface area contributed by atoms with Crippen molar-refractivity contribution in [2.45, 2.75) is 25.9 Å². The van der Waals surface area contributed by atoms with Crippen LogP contribution in [0.4, 0.5) is 0 Å². The Bertz CT molecular complexity index is 546. The van der Waals surface area contributed by atoms with Crippen molar-refractivity contribution in [1.29, 1.82) is 0 Å². The summed E-state index contributed by atoms with van der Waals surface area (Å²) in [5, 5.41) is 17.4. The summed E-state index contributed by atoms with van der Waals surface area (Å²) in [6.07, 6.45) is 1.23. The van der Waals surface area contributed by atoms with E-state index < -0.39 is 5.60 Å². The van der Waals surface area contributed by atoms with Crippen LogP contribution in [0.1, 0.15) is 25.8 Å². The maximum Gasteiger partial charge on any atom is 0.191 e. The van der Waals surface area contributed by atoms with E-state index in [1.807, 2.05) is 37.3 Å². The van der Waals surface area contributed by atoms with Crippen LogP contribution >= 0.6 is 0 Å². The average Bonchev–Trinajstić information content (AvgIpc) is 2.85. The van der Waals surface area contributed by atoms with Gasteiger partial charge in [0.2, 0.25) is 0 Å². The third-order valence-corrected chi connectivity index (χ3v) is 4.82. The van der Waals surface area contributed by atoms with Gasteiger partial charge in [-0.15, -0.1) is 0 Å². The van der Waals surface area contributed by atoms with E-state index >= 15 is 0 Å². The molecule has 1 fully saturated rings. The summed E-state index contributed by atoms with van der Waals surface area (Å²) >= 11 is 0. The first-order valence-corrected chi connectivity index (χ1v) is 9.72. The van der Waals surface area contributed by atoms with Crippen LogP contribution < -0.4 is 10.6 Å². The summed E-state index contributed by atoms with van der Waals surface area (Å²) < 4.78 is 0. The number of aliphatic imine (C=N–C) groups is 1. The van der Waals surface area contributed by atoms with Crippen LogP contribution in [0.2, 0.25) is 0 Å². The van der Waals surface area contributed by atoms with Gasteiger partial charge in [0.05, 0.1) is 6.54 Å². The molecule has 6 heteroatoms. The molecule has 1 aliphatic rings. The molecule has 6 nitrogen and oxygen atoms in total. The lowest BCUT2D eigenvalue weighted by Crippen LogP contribution is -2.43. The van der Waals surface area contributed by atoms with Crippen molar-refractivity contribution in [3.63, 3.8) is 0 Å². The van der Waals surface area contributed by atoms with Gasteiger partial charge in [-0.05, 0) is 46.0 Å². The van der Waals surface area contributed by atoms with Crippen molar-refractivity contribution in [2.75, 3.05) is 59.4 Å². The van der Waals surface area contributed by atoms with Crippen LogP contribution in [-0.2, 0) is 5.60 Å². The number of rotatable bonds is 7. The summed E-state index contributed by atoms with van der Waals surface area (Å²) in [5.41, 5.74) is -0.0906. The fourth-order valence-corrected chi connectivity index (χ4v) is 3.12. The molecule has 0 aromatic heterocycles. The zero-order valence-corrected chi connectivity index (χ0v) is 16.5. The second kappa shape index (κ2) is 10.5. The fourth-order valence-electron chi connectivity index (χ4n) is 3.12. The minimum Gasteiger partial charge on any atom is -0.384 e. The number of hydrogen-bond donors (Lipinski definition) is 3. The standard InChI is InChI=1S/C20H35N5O/c1-4-21-19(22-11-14-25-13-8-12-24(3)15-16-25)23-17-20(2,26)18-9-6-5-7-10-18/h5-7,9-10,26H,4,8,11-17H2,1-3H3,(H2,21,22,23). The summed E-state index contributed by atoms with van der Waals surface area (Å²) in [5.74, 6) is 0.760. The molecule has 0 aliphatic carbocycles. The maximum absolute atomic E-state index is 10.7. The first kappa shape index (κ1) is 20.7. The van der Waals surface area contributed by atoms with Crippen LogP contribution in [0.5, 0.6) is 0 Å². The fraction of sp³-hybridized carbons (Fsp3) is 0.650. The molecule has 0 spiro atoms. The summed E-state index contributed by atoms with van der Waals surface area (Å²) in [7, 11) is 2.19. The molecule has 2 rings (SSSR count). The number of nitrogens with zero attached hydrogens (tertiary/aromatic N) is 3. The van der Waals surface area contributed by atoms with Crippen molar-refractivity contribution < 1.29 is 5.11 Å². The largest absolute Gasteiger partial charge is 0.384 e. The SMILES string of the molecule is CCNC(=NCC(C)(O)c1ccccc1)NCCN1CCCN(C)CC1. The van der Waals surface area contributed by atoms with Crippen LogP contribution in [-0.4, -0.2) is 80.3 Å². The van der Waals surface area contributed by atoms with E-state index in [2.05, 4.69) is 39.4 Å². The molecule has 26 heavy (non-hydrogen) atoms. The van der Waals surface area contributed by atoms with E-state index in [0.717, 1.165) is 50.8 Å². The van der Waals surface area contributed by atoms with Crippen molar-refractivity contribution in [2.24, 2.45) is 4.99 Å². The number of guanidine groups is 1. The van der Waals surface area contributed by atoms with Crippen LogP contribution in [0.15, 0.2) is 35.3 Å². The van der Waals surface area contributed by atoms with Crippen molar-refractivity contribution in [1.82, 2.24) is 20.4 Å². The lowest BCUT2D eigenvalue weighted by Gasteiger charge is -2.23. The molecular weight excluding hydrogens is 326 g/mol. The third kappa shape index (κ3) is 6.94. The van der Waals surface area contributed by atoms with Gasteiger partial charge in [-0.3, -0.25) is 0 Å². The summed E-state index contributed by atoms with van der Waals surface area (Å²) in [6.45, 7) is 11.4. The number of hydrogen-bond acceptors (Lipinski definition) is 4. The normalized spacial score (nSPS) is 19.6. The molecule has 1 aromatic rings. The molecular formula is C20H35N5O. The van der Waals surface area contributed by atoms with Gasteiger partial charge < -0.3 is 25.5 Å². The molecule has 0 bridgehead atoms. The zero-order valence-electron chi connectivity index (χ0n) is 16.5. The lowest BCUT2D eigenvalue weighted by atomic mass is 9.96. The molecule has 0 amide bonds. The Kier molecular flexibility index (Phi) is 8.35. The van der Waals surface area contributed by atoms with E-state index in [-0.39, 0.29) is 0 Å². The Hall–Kier alpha value is -1.63. The second-order valence-electron chi connectivity index (χ2n) is 7.26. The molecule has 1 saturated heterocycles. The van der Waals surface area contributed by atoms with E-state index in [1.54, 1.807) is 0 Å². The van der Waals surface area contributed by atoms with Gasteiger partial charge in [0, 0.05) is 32.7 Å². The van der Waals surface area contributed by atoms with Crippen LogP contribution in [0.3, 0.4) is 0 Å². The van der Waals surface area contributed by atoms with Gasteiger partial charge in [-0.1, -0.05) is 30.3 Å². The van der Waals surface area contributed by atoms with E-state index in [0.29, 0.717) is 6.54 Å². The molecule has 146 valence electrons. The van der Waals surface area contributed by atoms with Crippen molar-refractivity contribution >= 4 is 5.96 Å². The van der Waals surface area contributed by atoms with Crippen LogP contribution in [0, 0.1) is 0 Å². The van der Waals surface area contributed by atoms with Gasteiger partial charge >= 0.3 is 0 Å². The van der Waals surface area contributed by atoms with Crippen LogP contribution in [0.25, 0.3) is 0 Å². The first-order chi connectivity index (χ1) is 12.5. The highest BCUT2D eigenvalue weighted by atomic mass is 16.3. The average molecular weight is 362 g/mol. The minimum absolute atomic E-state index is 0.320. The second-order valence-corrected chi connectivity index (χ2v) is 7.26. The molecule has 3 N–H and O–H groups in total. The van der Waals surface area contributed by atoms with Gasteiger partial charge in [-0.25, -0.2) is 4.99 Å². The Labute approximate surface area is 158 Å². The Morgan fingerprint density at radius 3 is 2.65 bits per heavy atom. The van der Waals surface area contributed by atoms with Gasteiger partial charge in [0.1, 0.15) is 5.60 Å². The molecule has 1 aliphatic heterocycles. The first-order valence-electron chi connectivity index (χ1n) is 9.72. The summed E-state index contributed by atoms with van der Waals surface area (Å²) in [6, 6.07) is 9.71. The van der Waals surface area contributed by atoms with E-state index in [9.17, 15) is 5.11 Å². The van der Waals surface area contributed by atoms with E-state index in [1.165, 1.54) is 13.0 Å². The number of benzene rings is 1. The number of nitrogens with one attached hydrogen (secondary N) is 2. The maximum atomic E-state index is 10.7. The topological polar surface area (TPSA) is 63.1 Å². The highest BCUT2D eigenvalue weighted by Crippen LogP contribution is 2.20. The highest BCUT2D eigenvalue weighted by molar-refractivity contribution is 5.79. The Morgan fingerprint density at radius 1 is 1.15 bits per heavy atom. The molecule has 0 saturated carbocycles. The van der Waals surface area contributed by atoms with E-state index in [4.69, 9.17) is 0 Å². The van der Waals surface area contributed by atoms with Gasteiger partial charge in [-0.2, -0.15) is 0 Å². The predicted octanol–water partition coefficient (Wildman–Crippen LogP) is 1.09. The lowest BCUT2D eigenvalue weighted by molar-refractivity contribution is 0.0672. The predicted molar refractivity (Wildman–Crippen MR) is 109 cm³/mol. The monoisotopic (exact) mass is 361 g/mol. The summed E-state index contributed by atoms with van der Waals surface area (Å²) in [4.78, 5) is 9.49. The molecule has 0 radical (unpaired) electrons. The minimum atomic E-state index is -0.973. The van der Waals surface area contributed by atoms with Gasteiger partial charge in [0.15, 0.2) is 5.96 Å². The molecule has 1 aromatic carbocycles. The molecule has 1 unspecified atom stereocenters. The Balaban J connectivity index is 1.84. The van der Waals surface area contributed by atoms with Crippen molar-refractivity contribution in [3.8, 4) is 0 Å². The quantitative estimate of drug-likeness (QED) is 0.501. The zero-order chi connectivity index (χ0) is 18.8. The third-order valence-electron chi connectivity index (χ3n) is 4.82. The number of aliphatic hydroxyl groups is 1. The smallest absolute Gasteiger partial charge is 0.191 e. The highest BCUT2D eigenvalue weighted by Gasteiger charge is 2.22. The van der Waals surface area contributed by atoms with Crippen molar-refractivity contribution in [3.05, 3.63) is 35.9 Å². The van der Waals surface area contributed by atoms with Gasteiger partial charge in [0.25, 0.3) is 0 Å². The number of likely N-dealkylation sites (N-methyl/N-ethyl adjacent to an activating group) is 1. The molecule has 1 atom stereocenters. The molecule has 1 heterocycles. The Morgan fingerprint density at radius 2 is 1.92 bits per heavy atom.